The molecule has 1 atom stereocenters. The largest absolute Gasteiger partial charge is 0.495 e. The number of halogens is 1. The van der Waals surface area contributed by atoms with Gasteiger partial charge in [-0.1, -0.05) is 17.7 Å². The molecule has 0 amide bonds. The Morgan fingerprint density at radius 2 is 2.25 bits per heavy atom. The van der Waals surface area contributed by atoms with Crippen LogP contribution in [-0.2, 0) is 0 Å². The van der Waals surface area contributed by atoms with Gasteiger partial charge in [0.2, 0.25) is 0 Å². The van der Waals surface area contributed by atoms with Gasteiger partial charge in [-0.15, -0.1) is 0 Å². The molecule has 1 heterocycles. The second-order valence-corrected chi connectivity index (χ2v) is 4.56. The SMILES string of the molecule is COc1cc([C@H](N)CN2CCC2)ccc1Cl. The second kappa shape index (κ2) is 5.04. The van der Waals surface area contributed by atoms with Crippen molar-refractivity contribution >= 4 is 11.6 Å². The van der Waals surface area contributed by atoms with Crippen LogP contribution in [0, 0.1) is 0 Å². The summed E-state index contributed by atoms with van der Waals surface area (Å²) in [5.74, 6) is 0.693. The van der Waals surface area contributed by atoms with Gasteiger partial charge >= 0.3 is 0 Å². The minimum atomic E-state index is 0.0338. The Balaban J connectivity index is 2.06. The van der Waals surface area contributed by atoms with Crippen molar-refractivity contribution < 1.29 is 4.74 Å². The van der Waals surface area contributed by atoms with Crippen LogP contribution in [-0.4, -0.2) is 31.6 Å². The zero-order valence-electron chi connectivity index (χ0n) is 9.45. The quantitative estimate of drug-likeness (QED) is 0.876. The molecule has 0 saturated carbocycles. The first-order valence-electron chi connectivity index (χ1n) is 5.52. The van der Waals surface area contributed by atoms with E-state index in [0.717, 1.165) is 12.1 Å². The Labute approximate surface area is 101 Å². The van der Waals surface area contributed by atoms with Gasteiger partial charge in [0, 0.05) is 12.6 Å². The third kappa shape index (κ3) is 2.48. The zero-order valence-corrected chi connectivity index (χ0v) is 10.2. The number of hydrogen-bond acceptors (Lipinski definition) is 3. The van der Waals surface area contributed by atoms with Crippen LogP contribution >= 0.6 is 11.6 Å². The maximum atomic E-state index is 6.14. The summed E-state index contributed by atoms with van der Waals surface area (Å²) in [5.41, 5.74) is 7.22. The molecule has 0 spiro atoms. The van der Waals surface area contributed by atoms with Crippen LogP contribution in [0.15, 0.2) is 18.2 Å². The number of benzene rings is 1. The van der Waals surface area contributed by atoms with Crippen molar-refractivity contribution in [3.63, 3.8) is 0 Å². The molecule has 1 saturated heterocycles. The highest BCUT2D eigenvalue weighted by atomic mass is 35.5. The Morgan fingerprint density at radius 3 is 2.81 bits per heavy atom. The molecule has 1 aromatic rings. The maximum Gasteiger partial charge on any atom is 0.137 e. The predicted octanol–water partition coefficient (Wildman–Crippen LogP) is 2.05. The van der Waals surface area contributed by atoms with Gasteiger partial charge in [0.25, 0.3) is 0 Å². The lowest BCUT2D eigenvalue weighted by atomic mass is 10.1. The van der Waals surface area contributed by atoms with Crippen molar-refractivity contribution in [1.29, 1.82) is 0 Å². The van der Waals surface area contributed by atoms with Crippen molar-refractivity contribution in [2.24, 2.45) is 5.73 Å². The summed E-state index contributed by atoms with van der Waals surface area (Å²) in [7, 11) is 1.62. The molecule has 1 aliphatic heterocycles. The lowest BCUT2D eigenvalue weighted by Gasteiger charge is -2.33. The molecule has 0 unspecified atom stereocenters. The fraction of sp³-hybridized carbons (Fsp3) is 0.500. The van der Waals surface area contributed by atoms with Crippen molar-refractivity contribution in [2.45, 2.75) is 12.5 Å². The van der Waals surface area contributed by atoms with Crippen LogP contribution in [0.4, 0.5) is 0 Å². The number of nitrogens with two attached hydrogens (primary N) is 1. The molecule has 0 aromatic heterocycles. The van der Waals surface area contributed by atoms with Gasteiger partial charge in [0.05, 0.1) is 12.1 Å². The Bertz CT molecular complexity index is 366. The van der Waals surface area contributed by atoms with E-state index in [1.807, 2.05) is 18.2 Å². The first-order valence-corrected chi connectivity index (χ1v) is 5.90. The van der Waals surface area contributed by atoms with Gasteiger partial charge in [-0.2, -0.15) is 0 Å². The number of likely N-dealkylation sites (tertiary alicyclic amines) is 1. The van der Waals surface area contributed by atoms with Crippen molar-refractivity contribution in [3.05, 3.63) is 28.8 Å². The minimum absolute atomic E-state index is 0.0338. The standard InChI is InChI=1S/C12H17ClN2O/c1-16-12-7-9(3-4-10(12)13)11(14)8-15-5-2-6-15/h3-4,7,11H,2,5-6,8,14H2,1H3/t11-/m1/s1. The molecule has 0 radical (unpaired) electrons. The molecule has 1 aliphatic rings. The summed E-state index contributed by atoms with van der Waals surface area (Å²) in [6, 6.07) is 5.76. The van der Waals surface area contributed by atoms with Gasteiger partial charge in [-0.25, -0.2) is 0 Å². The van der Waals surface area contributed by atoms with Crippen LogP contribution in [0.1, 0.15) is 18.0 Å². The third-order valence-corrected chi connectivity index (χ3v) is 3.32. The summed E-state index contributed by atoms with van der Waals surface area (Å²) >= 11 is 5.97. The molecule has 0 bridgehead atoms. The molecule has 2 N–H and O–H groups in total. The molecule has 2 rings (SSSR count). The first kappa shape index (κ1) is 11.7. The van der Waals surface area contributed by atoms with Crippen LogP contribution in [0.5, 0.6) is 5.75 Å². The Morgan fingerprint density at radius 1 is 1.50 bits per heavy atom. The number of hydrogen-bond donors (Lipinski definition) is 1. The summed E-state index contributed by atoms with van der Waals surface area (Å²) in [5, 5.41) is 0.627. The van der Waals surface area contributed by atoms with Gasteiger partial charge < -0.3 is 15.4 Å². The van der Waals surface area contributed by atoms with E-state index < -0.39 is 0 Å². The molecular formula is C12H17ClN2O. The van der Waals surface area contributed by atoms with E-state index in [1.54, 1.807) is 7.11 Å². The van der Waals surface area contributed by atoms with E-state index in [-0.39, 0.29) is 6.04 Å². The van der Waals surface area contributed by atoms with Gasteiger partial charge in [-0.05, 0) is 37.2 Å². The van der Waals surface area contributed by atoms with Crippen LogP contribution in [0.25, 0.3) is 0 Å². The maximum absolute atomic E-state index is 6.14. The average Bonchev–Trinajstić information content (AvgIpc) is 2.24. The lowest BCUT2D eigenvalue weighted by Crippen LogP contribution is -2.41. The topological polar surface area (TPSA) is 38.5 Å². The molecule has 1 fully saturated rings. The fourth-order valence-corrected chi connectivity index (χ4v) is 2.05. The van der Waals surface area contributed by atoms with Gasteiger partial charge in [0.1, 0.15) is 5.75 Å². The molecule has 88 valence electrons. The average molecular weight is 241 g/mol. The van der Waals surface area contributed by atoms with E-state index in [9.17, 15) is 0 Å². The minimum Gasteiger partial charge on any atom is -0.495 e. The van der Waals surface area contributed by atoms with Crippen molar-refractivity contribution in [2.75, 3.05) is 26.7 Å². The second-order valence-electron chi connectivity index (χ2n) is 4.15. The summed E-state index contributed by atoms with van der Waals surface area (Å²) in [4.78, 5) is 2.35. The van der Waals surface area contributed by atoms with E-state index in [0.29, 0.717) is 10.8 Å². The Kier molecular flexibility index (Phi) is 3.69. The van der Waals surface area contributed by atoms with E-state index in [1.165, 1.54) is 19.5 Å². The van der Waals surface area contributed by atoms with Gasteiger partial charge in [-0.3, -0.25) is 0 Å². The normalized spacial score (nSPS) is 17.9. The number of methoxy groups -OCH3 is 1. The van der Waals surface area contributed by atoms with E-state index in [4.69, 9.17) is 22.1 Å². The first-order chi connectivity index (χ1) is 7.70. The van der Waals surface area contributed by atoms with E-state index in [2.05, 4.69) is 4.90 Å². The van der Waals surface area contributed by atoms with Gasteiger partial charge in [0.15, 0.2) is 0 Å². The van der Waals surface area contributed by atoms with Crippen LogP contribution in [0.3, 0.4) is 0 Å². The molecule has 16 heavy (non-hydrogen) atoms. The highest BCUT2D eigenvalue weighted by Crippen LogP contribution is 2.27. The molecule has 0 aliphatic carbocycles. The predicted molar refractivity (Wildman–Crippen MR) is 66.0 cm³/mol. The smallest absolute Gasteiger partial charge is 0.137 e. The lowest BCUT2D eigenvalue weighted by molar-refractivity contribution is 0.170. The van der Waals surface area contributed by atoms with Crippen molar-refractivity contribution in [3.8, 4) is 5.75 Å². The molecule has 1 aromatic carbocycles. The number of ether oxygens (including phenoxy) is 1. The summed E-state index contributed by atoms with van der Waals surface area (Å²) in [6.07, 6.45) is 1.29. The molecule has 3 nitrogen and oxygen atoms in total. The Hall–Kier alpha value is -0.770. The van der Waals surface area contributed by atoms with Crippen molar-refractivity contribution in [1.82, 2.24) is 4.90 Å². The molecular weight excluding hydrogens is 224 g/mol. The number of rotatable bonds is 4. The molecule has 4 heteroatoms. The van der Waals surface area contributed by atoms with Crippen LogP contribution < -0.4 is 10.5 Å². The monoisotopic (exact) mass is 240 g/mol. The highest BCUT2D eigenvalue weighted by Gasteiger charge is 2.18. The summed E-state index contributed by atoms with van der Waals surface area (Å²) < 4.78 is 5.18. The summed E-state index contributed by atoms with van der Waals surface area (Å²) in [6.45, 7) is 3.24. The third-order valence-electron chi connectivity index (χ3n) is 3.01. The highest BCUT2D eigenvalue weighted by molar-refractivity contribution is 6.32. The zero-order chi connectivity index (χ0) is 11.5. The fourth-order valence-electron chi connectivity index (χ4n) is 1.85. The number of nitrogens with zero attached hydrogens (tertiary/aromatic N) is 1. The van der Waals surface area contributed by atoms with E-state index >= 15 is 0 Å². The van der Waals surface area contributed by atoms with Crippen LogP contribution in [0.2, 0.25) is 5.02 Å².